The molecule has 0 bridgehead atoms. The number of ether oxygens (including phenoxy) is 2. The van der Waals surface area contributed by atoms with Gasteiger partial charge in [-0.15, -0.1) is 0 Å². The van der Waals surface area contributed by atoms with Crippen molar-refractivity contribution >= 4 is 34.4 Å². The molecular formula is C21H28N4O2S. The molecule has 0 radical (unpaired) electrons. The zero-order valence-electron chi connectivity index (χ0n) is 16.2. The van der Waals surface area contributed by atoms with Crippen molar-refractivity contribution in [1.82, 2.24) is 10.2 Å². The Morgan fingerprint density at radius 1 is 1.00 bits per heavy atom. The molecule has 3 rings (SSSR count). The molecule has 1 saturated heterocycles. The maximum Gasteiger partial charge on any atom is 0.170 e. The van der Waals surface area contributed by atoms with Gasteiger partial charge in [-0.3, -0.25) is 4.90 Å². The summed E-state index contributed by atoms with van der Waals surface area (Å²) in [6.45, 7) is 5.68. The predicted octanol–water partition coefficient (Wildman–Crippen LogP) is 3.45. The fourth-order valence-corrected chi connectivity index (χ4v) is 3.20. The SMILES string of the molecule is COc1ccc(Nc2ccc(NC(=S)NCCCN3CCOCC3)cc2)cc1. The first-order valence-electron chi connectivity index (χ1n) is 9.59. The first kappa shape index (κ1) is 20.4. The van der Waals surface area contributed by atoms with E-state index in [4.69, 9.17) is 21.7 Å². The van der Waals surface area contributed by atoms with Gasteiger partial charge in [-0.2, -0.15) is 0 Å². The molecule has 2 aromatic rings. The van der Waals surface area contributed by atoms with Crippen LogP contribution < -0.4 is 20.7 Å². The maximum absolute atomic E-state index is 5.38. The number of thiocarbonyl (C=S) groups is 1. The van der Waals surface area contributed by atoms with Gasteiger partial charge in [0.05, 0.1) is 20.3 Å². The number of methoxy groups -OCH3 is 1. The molecule has 1 aliphatic heterocycles. The summed E-state index contributed by atoms with van der Waals surface area (Å²) in [5, 5.41) is 10.5. The fourth-order valence-electron chi connectivity index (χ4n) is 2.98. The average Bonchev–Trinajstić information content (AvgIpc) is 2.74. The molecule has 150 valence electrons. The van der Waals surface area contributed by atoms with E-state index >= 15 is 0 Å². The minimum absolute atomic E-state index is 0.651. The van der Waals surface area contributed by atoms with Crippen LogP contribution in [-0.4, -0.2) is 56.5 Å². The van der Waals surface area contributed by atoms with Crippen LogP contribution in [0, 0.1) is 0 Å². The lowest BCUT2D eigenvalue weighted by molar-refractivity contribution is 0.0376. The monoisotopic (exact) mass is 400 g/mol. The summed E-state index contributed by atoms with van der Waals surface area (Å²) in [6, 6.07) is 15.9. The second kappa shape index (κ2) is 10.8. The molecule has 1 heterocycles. The lowest BCUT2D eigenvalue weighted by Crippen LogP contribution is -2.38. The summed E-state index contributed by atoms with van der Waals surface area (Å²) in [7, 11) is 1.66. The highest BCUT2D eigenvalue weighted by atomic mass is 32.1. The number of rotatable bonds is 8. The van der Waals surface area contributed by atoms with Gasteiger partial charge in [0, 0.05) is 36.7 Å². The van der Waals surface area contributed by atoms with E-state index < -0.39 is 0 Å². The molecule has 0 saturated carbocycles. The first-order chi connectivity index (χ1) is 13.7. The van der Waals surface area contributed by atoms with Crippen LogP contribution in [0.5, 0.6) is 5.75 Å². The molecular weight excluding hydrogens is 372 g/mol. The van der Waals surface area contributed by atoms with Crippen LogP contribution in [0.25, 0.3) is 0 Å². The Morgan fingerprint density at radius 2 is 1.61 bits per heavy atom. The molecule has 0 amide bonds. The number of benzene rings is 2. The van der Waals surface area contributed by atoms with Crippen molar-refractivity contribution in [3.63, 3.8) is 0 Å². The van der Waals surface area contributed by atoms with E-state index in [1.54, 1.807) is 7.11 Å². The third kappa shape index (κ3) is 6.67. The Bertz CT molecular complexity index is 731. The minimum atomic E-state index is 0.651. The van der Waals surface area contributed by atoms with Gasteiger partial charge in [-0.05, 0) is 73.7 Å². The van der Waals surface area contributed by atoms with E-state index in [0.29, 0.717) is 5.11 Å². The molecule has 1 aliphatic rings. The Labute approximate surface area is 172 Å². The molecule has 0 atom stereocenters. The van der Waals surface area contributed by atoms with Crippen LogP contribution in [-0.2, 0) is 4.74 Å². The molecule has 0 unspecified atom stereocenters. The van der Waals surface area contributed by atoms with Crippen molar-refractivity contribution in [3.8, 4) is 5.75 Å². The third-order valence-corrected chi connectivity index (χ3v) is 4.81. The number of morpholine rings is 1. The molecule has 28 heavy (non-hydrogen) atoms. The van der Waals surface area contributed by atoms with E-state index in [9.17, 15) is 0 Å². The summed E-state index contributed by atoms with van der Waals surface area (Å²) in [6.07, 6.45) is 1.06. The highest BCUT2D eigenvalue weighted by Crippen LogP contribution is 2.21. The third-order valence-electron chi connectivity index (χ3n) is 4.56. The van der Waals surface area contributed by atoms with Crippen molar-refractivity contribution in [2.24, 2.45) is 0 Å². The average molecular weight is 401 g/mol. The topological polar surface area (TPSA) is 57.8 Å². The summed E-state index contributed by atoms with van der Waals surface area (Å²) in [5.74, 6) is 0.844. The van der Waals surface area contributed by atoms with Crippen LogP contribution in [0.2, 0.25) is 0 Å². The summed E-state index contributed by atoms with van der Waals surface area (Å²) in [4.78, 5) is 2.43. The van der Waals surface area contributed by atoms with Gasteiger partial charge in [-0.1, -0.05) is 0 Å². The van der Waals surface area contributed by atoms with Gasteiger partial charge in [0.15, 0.2) is 5.11 Å². The Morgan fingerprint density at radius 3 is 2.25 bits per heavy atom. The quantitative estimate of drug-likeness (QED) is 0.463. The minimum Gasteiger partial charge on any atom is -0.497 e. The van der Waals surface area contributed by atoms with Crippen molar-refractivity contribution in [2.75, 3.05) is 57.1 Å². The molecule has 0 aromatic heterocycles. The summed E-state index contributed by atoms with van der Waals surface area (Å²) >= 11 is 5.38. The smallest absolute Gasteiger partial charge is 0.170 e. The standard InChI is InChI=1S/C21H28N4O2S/c1-26-20-9-7-18(8-10-20)23-17-3-5-19(6-4-17)24-21(28)22-11-2-12-25-13-15-27-16-14-25/h3-10,23H,2,11-16H2,1H3,(H2,22,24,28). The molecule has 2 aromatic carbocycles. The van der Waals surface area contributed by atoms with Gasteiger partial charge in [0.25, 0.3) is 0 Å². The van der Waals surface area contributed by atoms with E-state index in [0.717, 1.165) is 68.6 Å². The fraction of sp³-hybridized carbons (Fsp3) is 0.381. The van der Waals surface area contributed by atoms with E-state index in [2.05, 4.69) is 20.9 Å². The number of anilines is 3. The highest BCUT2D eigenvalue weighted by molar-refractivity contribution is 7.80. The van der Waals surface area contributed by atoms with Crippen LogP contribution in [0.1, 0.15) is 6.42 Å². The summed E-state index contributed by atoms with van der Waals surface area (Å²) in [5.41, 5.74) is 2.99. The molecule has 0 aliphatic carbocycles. The normalized spacial score (nSPS) is 14.3. The van der Waals surface area contributed by atoms with Crippen molar-refractivity contribution in [1.29, 1.82) is 0 Å². The van der Waals surface area contributed by atoms with Gasteiger partial charge in [0.1, 0.15) is 5.75 Å². The van der Waals surface area contributed by atoms with Crippen molar-refractivity contribution < 1.29 is 9.47 Å². The lowest BCUT2D eigenvalue weighted by atomic mass is 10.2. The Hall–Kier alpha value is -2.35. The highest BCUT2D eigenvalue weighted by Gasteiger charge is 2.09. The maximum atomic E-state index is 5.38. The Kier molecular flexibility index (Phi) is 7.90. The van der Waals surface area contributed by atoms with Gasteiger partial charge in [-0.25, -0.2) is 0 Å². The van der Waals surface area contributed by atoms with Crippen LogP contribution in [0.3, 0.4) is 0 Å². The zero-order chi connectivity index (χ0) is 19.6. The predicted molar refractivity (Wildman–Crippen MR) is 119 cm³/mol. The van der Waals surface area contributed by atoms with Crippen LogP contribution in [0.4, 0.5) is 17.1 Å². The summed E-state index contributed by atoms with van der Waals surface area (Å²) < 4.78 is 10.5. The van der Waals surface area contributed by atoms with Gasteiger partial charge < -0.3 is 25.4 Å². The van der Waals surface area contributed by atoms with Gasteiger partial charge >= 0.3 is 0 Å². The second-order valence-electron chi connectivity index (χ2n) is 6.62. The van der Waals surface area contributed by atoms with Crippen LogP contribution in [0.15, 0.2) is 48.5 Å². The number of hydrogen-bond donors (Lipinski definition) is 3. The number of nitrogens with zero attached hydrogens (tertiary/aromatic N) is 1. The lowest BCUT2D eigenvalue weighted by Gasteiger charge is -2.26. The molecule has 1 fully saturated rings. The first-order valence-corrected chi connectivity index (χ1v) is 10.00. The molecule has 6 nitrogen and oxygen atoms in total. The largest absolute Gasteiger partial charge is 0.497 e. The van der Waals surface area contributed by atoms with Crippen molar-refractivity contribution in [3.05, 3.63) is 48.5 Å². The van der Waals surface area contributed by atoms with E-state index in [1.807, 2.05) is 48.5 Å². The molecule has 0 spiro atoms. The van der Waals surface area contributed by atoms with E-state index in [-0.39, 0.29) is 0 Å². The zero-order valence-corrected chi connectivity index (χ0v) is 17.1. The second-order valence-corrected chi connectivity index (χ2v) is 7.03. The van der Waals surface area contributed by atoms with E-state index in [1.165, 1.54) is 0 Å². The Balaban J connectivity index is 1.37. The number of nitrogens with one attached hydrogen (secondary N) is 3. The number of hydrogen-bond acceptors (Lipinski definition) is 5. The van der Waals surface area contributed by atoms with Crippen molar-refractivity contribution in [2.45, 2.75) is 6.42 Å². The molecule has 3 N–H and O–H groups in total. The van der Waals surface area contributed by atoms with Crippen LogP contribution >= 0.6 is 12.2 Å². The van der Waals surface area contributed by atoms with Gasteiger partial charge in [0.2, 0.25) is 0 Å². The molecule has 7 heteroatoms.